The van der Waals surface area contributed by atoms with Crippen molar-refractivity contribution in [3.8, 4) is 6.07 Å². The van der Waals surface area contributed by atoms with Gasteiger partial charge in [-0.1, -0.05) is 30.4 Å². The summed E-state index contributed by atoms with van der Waals surface area (Å²) in [5.41, 5.74) is 1.73. The van der Waals surface area contributed by atoms with Gasteiger partial charge in [0.1, 0.15) is 0 Å². The average molecular weight is 287 g/mol. The van der Waals surface area contributed by atoms with Crippen LogP contribution in [0.1, 0.15) is 11.1 Å². The zero-order valence-electron chi connectivity index (χ0n) is 11.4. The van der Waals surface area contributed by atoms with Gasteiger partial charge in [0.25, 0.3) is 0 Å². The van der Waals surface area contributed by atoms with E-state index in [2.05, 4.69) is 12.3 Å². The number of allylic oxidation sites excluding steroid dienone is 2. The molecule has 0 saturated carbocycles. The van der Waals surface area contributed by atoms with Gasteiger partial charge >= 0.3 is 0 Å². The Hall–Kier alpha value is -1.54. The molecule has 0 unspecified atom stereocenters. The summed E-state index contributed by atoms with van der Waals surface area (Å²) < 4.78 is 11.1. The molecular weight excluding hydrogens is 270 g/mol. The van der Waals surface area contributed by atoms with Crippen LogP contribution in [0.4, 0.5) is 0 Å². The smallest absolute Gasteiger partial charge is 0.177 e. The number of hydrogen-bond donors (Lipinski definition) is 0. The van der Waals surface area contributed by atoms with Crippen LogP contribution in [0.5, 0.6) is 0 Å². The highest BCUT2D eigenvalue weighted by Gasteiger charge is 2.18. The van der Waals surface area contributed by atoms with Crippen LogP contribution in [0.2, 0.25) is 0 Å². The second-order valence-corrected chi connectivity index (χ2v) is 5.51. The number of benzene rings is 1. The first kappa shape index (κ1) is 14.9. The summed E-state index contributed by atoms with van der Waals surface area (Å²) in [7, 11) is 0. The molecule has 0 radical (unpaired) electrons. The standard InChI is InChI=1S/C16H17NO2S/c1-20-15-11-18-16(19-12-15)5-3-2-4-13-6-8-14(10-17)9-7-13/h2-9,15-16H,11-12H2,1H3. The minimum Gasteiger partial charge on any atom is -0.348 e. The SMILES string of the molecule is CSC1COC(C=CC=Cc2ccc(C#N)cc2)OC1. The van der Waals surface area contributed by atoms with Gasteiger partial charge < -0.3 is 9.47 Å². The highest BCUT2D eigenvalue weighted by Crippen LogP contribution is 2.16. The molecule has 104 valence electrons. The van der Waals surface area contributed by atoms with Crippen molar-refractivity contribution in [2.24, 2.45) is 0 Å². The van der Waals surface area contributed by atoms with Crippen molar-refractivity contribution >= 4 is 17.8 Å². The molecule has 0 spiro atoms. The van der Waals surface area contributed by atoms with Crippen LogP contribution in [0.15, 0.2) is 42.5 Å². The second kappa shape index (κ2) is 7.91. The van der Waals surface area contributed by atoms with Gasteiger partial charge in [-0.25, -0.2) is 0 Å². The summed E-state index contributed by atoms with van der Waals surface area (Å²) in [4.78, 5) is 0. The third-order valence-electron chi connectivity index (χ3n) is 2.93. The molecule has 1 fully saturated rings. The zero-order valence-corrected chi connectivity index (χ0v) is 12.2. The Labute approximate surface area is 123 Å². The molecule has 1 aliphatic heterocycles. The van der Waals surface area contributed by atoms with E-state index in [1.807, 2.05) is 36.4 Å². The Morgan fingerprint density at radius 2 is 1.90 bits per heavy atom. The van der Waals surface area contributed by atoms with E-state index >= 15 is 0 Å². The maximum absolute atomic E-state index is 8.71. The lowest BCUT2D eigenvalue weighted by molar-refractivity contribution is -0.146. The molecule has 1 aromatic carbocycles. The summed E-state index contributed by atoms with van der Waals surface area (Å²) in [5, 5.41) is 9.15. The predicted molar refractivity (Wildman–Crippen MR) is 82.3 cm³/mol. The van der Waals surface area contributed by atoms with Crippen molar-refractivity contribution in [3.05, 3.63) is 53.6 Å². The van der Waals surface area contributed by atoms with Gasteiger partial charge in [-0.3, -0.25) is 0 Å². The van der Waals surface area contributed by atoms with Crippen LogP contribution < -0.4 is 0 Å². The second-order valence-electron chi connectivity index (χ2n) is 4.37. The quantitative estimate of drug-likeness (QED) is 0.797. The number of thioether (sulfide) groups is 1. The molecule has 20 heavy (non-hydrogen) atoms. The summed E-state index contributed by atoms with van der Waals surface area (Å²) in [5.74, 6) is 0. The molecule has 0 bridgehead atoms. The van der Waals surface area contributed by atoms with Crippen LogP contribution >= 0.6 is 11.8 Å². The monoisotopic (exact) mass is 287 g/mol. The first-order chi connectivity index (χ1) is 9.81. The molecule has 3 nitrogen and oxygen atoms in total. The van der Waals surface area contributed by atoms with E-state index in [0.717, 1.165) is 18.8 Å². The van der Waals surface area contributed by atoms with E-state index in [-0.39, 0.29) is 6.29 Å². The van der Waals surface area contributed by atoms with Crippen LogP contribution in [0.25, 0.3) is 6.08 Å². The number of nitriles is 1. The van der Waals surface area contributed by atoms with E-state index in [1.54, 1.807) is 23.9 Å². The number of rotatable bonds is 4. The fourth-order valence-electron chi connectivity index (χ4n) is 1.74. The zero-order chi connectivity index (χ0) is 14.2. The van der Waals surface area contributed by atoms with E-state index in [0.29, 0.717) is 10.8 Å². The highest BCUT2D eigenvalue weighted by molar-refractivity contribution is 7.99. The maximum Gasteiger partial charge on any atom is 0.177 e. The molecule has 0 N–H and O–H groups in total. The highest BCUT2D eigenvalue weighted by atomic mass is 32.2. The minimum absolute atomic E-state index is 0.246. The summed E-state index contributed by atoms with van der Waals surface area (Å²) >= 11 is 1.77. The first-order valence-corrected chi connectivity index (χ1v) is 7.71. The van der Waals surface area contributed by atoms with E-state index < -0.39 is 0 Å². The largest absolute Gasteiger partial charge is 0.348 e. The molecule has 4 heteroatoms. The lowest BCUT2D eigenvalue weighted by Gasteiger charge is -2.26. The summed E-state index contributed by atoms with van der Waals surface area (Å²) in [6.07, 6.45) is 9.55. The topological polar surface area (TPSA) is 42.2 Å². The van der Waals surface area contributed by atoms with Crippen molar-refractivity contribution in [3.63, 3.8) is 0 Å². The molecule has 0 atom stereocenters. The summed E-state index contributed by atoms with van der Waals surface area (Å²) in [6, 6.07) is 9.54. The molecule has 0 aliphatic carbocycles. The van der Waals surface area contributed by atoms with Crippen LogP contribution in [-0.2, 0) is 9.47 Å². The number of hydrogen-bond acceptors (Lipinski definition) is 4. The third kappa shape index (κ3) is 4.53. The number of ether oxygens (including phenoxy) is 2. The predicted octanol–water partition coefficient (Wildman–Crippen LogP) is 3.23. The first-order valence-electron chi connectivity index (χ1n) is 6.43. The van der Waals surface area contributed by atoms with E-state index in [4.69, 9.17) is 14.7 Å². The van der Waals surface area contributed by atoms with Crippen molar-refractivity contribution in [1.29, 1.82) is 5.26 Å². The van der Waals surface area contributed by atoms with Crippen molar-refractivity contribution in [2.45, 2.75) is 11.5 Å². The molecule has 1 heterocycles. The average Bonchev–Trinajstić information content (AvgIpc) is 2.53. The molecule has 0 aromatic heterocycles. The van der Waals surface area contributed by atoms with E-state index in [9.17, 15) is 0 Å². The Kier molecular flexibility index (Phi) is 5.87. The molecular formula is C16H17NO2S. The lowest BCUT2D eigenvalue weighted by Crippen LogP contribution is -2.32. The molecule has 1 aromatic rings. The van der Waals surface area contributed by atoms with Gasteiger partial charge in [0, 0.05) is 0 Å². The Morgan fingerprint density at radius 1 is 1.20 bits per heavy atom. The van der Waals surface area contributed by atoms with Crippen molar-refractivity contribution < 1.29 is 9.47 Å². The molecule has 1 saturated heterocycles. The van der Waals surface area contributed by atoms with E-state index in [1.165, 1.54) is 0 Å². The van der Waals surface area contributed by atoms with Gasteiger partial charge in [-0.2, -0.15) is 17.0 Å². The van der Waals surface area contributed by atoms with Crippen molar-refractivity contribution in [1.82, 2.24) is 0 Å². The van der Waals surface area contributed by atoms with Gasteiger partial charge in [0.2, 0.25) is 0 Å². The normalized spacial score (nSPS) is 23.2. The number of nitrogens with zero attached hydrogens (tertiary/aromatic N) is 1. The third-order valence-corrected chi connectivity index (χ3v) is 3.87. The minimum atomic E-state index is -0.246. The van der Waals surface area contributed by atoms with Crippen LogP contribution in [-0.4, -0.2) is 31.0 Å². The van der Waals surface area contributed by atoms with Gasteiger partial charge in [-0.15, -0.1) is 0 Å². The Bertz CT molecular complexity index is 508. The lowest BCUT2D eigenvalue weighted by atomic mass is 10.1. The van der Waals surface area contributed by atoms with Gasteiger partial charge in [0.05, 0.1) is 30.1 Å². The molecule has 2 rings (SSSR count). The van der Waals surface area contributed by atoms with Crippen LogP contribution in [0.3, 0.4) is 0 Å². The van der Waals surface area contributed by atoms with Gasteiger partial charge in [0.15, 0.2) is 6.29 Å². The molecule has 1 aliphatic rings. The fourth-order valence-corrected chi connectivity index (χ4v) is 2.17. The van der Waals surface area contributed by atoms with Gasteiger partial charge in [-0.05, 0) is 30.0 Å². The maximum atomic E-state index is 8.71. The summed E-state index contributed by atoms with van der Waals surface area (Å²) in [6.45, 7) is 1.46. The Balaban J connectivity index is 1.80. The van der Waals surface area contributed by atoms with Crippen molar-refractivity contribution in [2.75, 3.05) is 19.5 Å². The Morgan fingerprint density at radius 3 is 2.50 bits per heavy atom. The molecule has 0 amide bonds. The fraction of sp³-hybridized carbons (Fsp3) is 0.312. The van der Waals surface area contributed by atoms with Crippen LogP contribution in [0, 0.1) is 11.3 Å².